The first-order chi connectivity index (χ1) is 7.36. The molecule has 1 aromatic rings. The van der Waals surface area contributed by atoms with Gasteiger partial charge >= 0.3 is 0 Å². The first-order valence-electron chi connectivity index (χ1n) is 5.39. The van der Waals surface area contributed by atoms with Crippen LogP contribution in [0.5, 0.6) is 5.75 Å². The Kier molecular flexibility index (Phi) is 2.91. The minimum absolute atomic E-state index is 0.168. The highest BCUT2D eigenvalue weighted by Gasteiger charge is 2.30. The summed E-state index contributed by atoms with van der Waals surface area (Å²) in [6, 6.07) is 10.5. The van der Waals surface area contributed by atoms with E-state index < -0.39 is 0 Å². The van der Waals surface area contributed by atoms with Crippen molar-refractivity contribution in [1.29, 1.82) is 5.26 Å². The largest absolute Gasteiger partial charge is 0.496 e. The number of nitriles is 1. The Bertz CT molecular complexity index is 380. The Morgan fingerprint density at radius 3 is 2.87 bits per heavy atom. The highest BCUT2D eigenvalue weighted by Crippen LogP contribution is 2.42. The Balaban J connectivity index is 2.32. The Morgan fingerprint density at radius 2 is 2.13 bits per heavy atom. The molecule has 0 heterocycles. The normalized spacial score (nSPS) is 24.8. The molecule has 0 amide bonds. The minimum atomic E-state index is 0.168. The zero-order valence-corrected chi connectivity index (χ0v) is 8.94. The standard InChI is InChI=1S/C13H15NO/c1-15-13-8-3-2-6-12(13)11-7-4-5-10(11)9-14/h2-3,6,8,10-11H,4-5,7H2,1H3/t10-,11-/m1/s1. The minimum Gasteiger partial charge on any atom is -0.496 e. The molecule has 0 aromatic heterocycles. The quantitative estimate of drug-likeness (QED) is 0.736. The van der Waals surface area contributed by atoms with Crippen LogP contribution in [-0.4, -0.2) is 7.11 Å². The van der Waals surface area contributed by atoms with Crippen molar-refractivity contribution in [3.63, 3.8) is 0 Å². The molecule has 0 aliphatic heterocycles. The molecule has 1 fully saturated rings. The number of hydrogen-bond donors (Lipinski definition) is 0. The van der Waals surface area contributed by atoms with Gasteiger partial charge in [0.15, 0.2) is 0 Å². The van der Waals surface area contributed by atoms with Gasteiger partial charge < -0.3 is 4.74 Å². The van der Waals surface area contributed by atoms with E-state index in [1.165, 1.54) is 5.56 Å². The van der Waals surface area contributed by atoms with Gasteiger partial charge in [-0.1, -0.05) is 24.6 Å². The predicted octanol–water partition coefficient (Wildman–Crippen LogP) is 3.10. The second-order valence-corrected chi connectivity index (χ2v) is 4.01. The van der Waals surface area contributed by atoms with E-state index in [2.05, 4.69) is 12.1 Å². The van der Waals surface area contributed by atoms with Crippen LogP contribution < -0.4 is 4.74 Å². The number of benzene rings is 1. The van der Waals surface area contributed by atoms with Gasteiger partial charge in [-0.2, -0.15) is 5.26 Å². The molecule has 15 heavy (non-hydrogen) atoms. The highest BCUT2D eigenvalue weighted by atomic mass is 16.5. The van der Waals surface area contributed by atoms with Crippen LogP contribution in [0.2, 0.25) is 0 Å². The maximum absolute atomic E-state index is 9.07. The van der Waals surface area contributed by atoms with E-state index in [4.69, 9.17) is 10.00 Å². The molecule has 2 nitrogen and oxygen atoms in total. The predicted molar refractivity (Wildman–Crippen MR) is 58.7 cm³/mol. The second kappa shape index (κ2) is 4.35. The molecule has 0 N–H and O–H groups in total. The van der Waals surface area contributed by atoms with Gasteiger partial charge in [-0.3, -0.25) is 0 Å². The van der Waals surface area contributed by atoms with Gasteiger partial charge in [0.2, 0.25) is 0 Å². The van der Waals surface area contributed by atoms with E-state index in [-0.39, 0.29) is 5.92 Å². The Labute approximate surface area is 90.5 Å². The summed E-state index contributed by atoms with van der Waals surface area (Å²) < 4.78 is 5.34. The smallest absolute Gasteiger partial charge is 0.122 e. The monoisotopic (exact) mass is 201 g/mol. The van der Waals surface area contributed by atoms with E-state index in [0.717, 1.165) is 25.0 Å². The van der Waals surface area contributed by atoms with Crippen molar-refractivity contribution in [1.82, 2.24) is 0 Å². The Hall–Kier alpha value is -1.49. The maximum atomic E-state index is 9.07. The van der Waals surface area contributed by atoms with Gasteiger partial charge in [0.1, 0.15) is 5.75 Å². The summed E-state index contributed by atoms with van der Waals surface area (Å²) in [5.74, 6) is 1.46. The van der Waals surface area contributed by atoms with Crippen LogP contribution in [0.15, 0.2) is 24.3 Å². The summed E-state index contributed by atoms with van der Waals surface area (Å²) in [6.45, 7) is 0. The molecule has 78 valence electrons. The lowest BCUT2D eigenvalue weighted by molar-refractivity contribution is 0.402. The average molecular weight is 201 g/mol. The zero-order valence-electron chi connectivity index (χ0n) is 8.94. The lowest BCUT2D eigenvalue weighted by atomic mass is 9.89. The molecule has 0 spiro atoms. The SMILES string of the molecule is COc1ccccc1[C@@H]1CCC[C@@H]1C#N. The number of ether oxygens (including phenoxy) is 1. The summed E-state index contributed by atoms with van der Waals surface area (Å²) in [6.07, 6.45) is 3.29. The van der Waals surface area contributed by atoms with E-state index in [9.17, 15) is 0 Å². The number of rotatable bonds is 2. The lowest BCUT2D eigenvalue weighted by Gasteiger charge is -2.16. The van der Waals surface area contributed by atoms with Crippen molar-refractivity contribution >= 4 is 0 Å². The first-order valence-corrected chi connectivity index (χ1v) is 5.39. The van der Waals surface area contributed by atoms with Gasteiger partial charge in [0.05, 0.1) is 19.1 Å². The summed E-state index contributed by atoms with van der Waals surface area (Å²) in [5.41, 5.74) is 1.20. The van der Waals surface area contributed by atoms with Crippen LogP contribution in [-0.2, 0) is 0 Å². The van der Waals surface area contributed by atoms with Gasteiger partial charge in [0, 0.05) is 5.92 Å². The van der Waals surface area contributed by atoms with E-state index in [1.54, 1.807) is 7.11 Å². The molecule has 0 unspecified atom stereocenters. The molecule has 1 aliphatic carbocycles. The lowest BCUT2D eigenvalue weighted by Crippen LogP contribution is -2.05. The third-order valence-corrected chi connectivity index (χ3v) is 3.22. The number of hydrogen-bond acceptors (Lipinski definition) is 2. The third-order valence-electron chi connectivity index (χ3n) is 3.22. The summed E-state index contributed by atoms with van der Waals surface area (Å²) in [5, 5.41) is 9.07. The third kappa shape index (κ3) is 1.83. The molecule has 0 saturated heterocycles. The van der Waals surface area contributed by atoms with E-state index >= 15 is 0 Å². The van der Waals surface area contributed by atoms with Gasteiger partial charge in [-0.05, 0) is 24.5 Å². The fourth-order valence-corrected chi connectivity index (χ4v) is 2.46. The van der Waals surface area contributed by atoms with Gasteiger partial charge in [-0.25, -0.2) is 0 Å². The summed E-state index contributed by atoms with van der Waals surface area (Å²) >= 11 is 0. The van der Waals surface area contributed by atoms with Crippen molar-refractivity contribution < 1.29 is 4.74 Å². The van der Waals surface area contributed by atoms with Crippen molar-refractivity contribution in [2.24, 2.45) is 5.92 Å². The topological polar surface area (TPSA) is 33.0 Å². The van der Waals surface area contributed by atoms with Crippen molar-refractivity contribution in [2.75, 3.05) is 7.11 Å². The van der Waals surface area contributed by atoms with E-state index in [0.29, 0.717) is 5.92 Å². The second-order valence-electron chi connectivity index (χ2n) is 4.01. The van der Waals surface area contributed by atoms with Crippen LogP contribution in [0.4, 0.5) is 0 Å². The van der Waals surface area contributed by atoms with Crippen molar-refractivity contribution in [2.45, 2.75) is 25.2 Å². The van der Waals surface area contributed by atoms with Gasteiger partial charge in [-0.15, -0.1) is 0 Å². The van der Waals surface area contributed by atoms with Crippen molar-refractivity contribution in [3.8, 4) is 11.8 Å². The molecular formula is C13H15NO. The molecule has 1 saturated carbocycles. The zero-order chi connectivity index (χ0) is 10.7. The fraction of sp³-hybridized carbons (Fsp3) is 0.462. The van der Waals surface area contributed by atoms with Crippen LogP contribution in [0, 0.1) is 17.2 Å². The molecular weight excluding hydrogens is 186 g/mol. The summed E-state index contributed by atoms with van der Waals surface area (Å²) in [7, 11) is 1.69. The molecule has 1 aromatic carbocycles. The maximum Gasteiger partial charge on any atom is 0.122 e. The Morgan fingerprint density at radius 1 is 1.33 bits per heavy atom. The molecule has 2 rings (SSSR count). The van der Waals surface area contributed by atoms with E-state index in [1.807, 2.05) is 18.2 Å². The summed E-state index contributed by atoms with van der Waals surface area (Å²) in [4.78, 5) is 0. The van der Waals surface area contributed by atoms with Crippen LogP contribution in [0.3, 0.4) is 0 Å². The van der Waals surface area contributed by atoms with Crippen LogP contribution in [0.1, 0.15) is 30.7 Å². The molecule has 2 heteroatoms. The van der Waals surface area contributed by atoms with Gasteiger partial charge in [0.25, 0.3) is 0 Å². The fourth-order valence-electron chi connectivity index (χ4n) is 2.46. The highest BCUT2D eigenvalue weighted by molar-refractivity contribution is 5.37. The molecule has 0 bridgehead atoms. The number of nitrogens with zero attached hydrogens (tertiary/aromatic N) is 1. The first kappa shape index (κ1) is 10.0. The number of para-hydroxylation sites is 1. The number of methoxy groups -OCH3 is 1. The van der Waals surface area contributed by atoms with Crippen LogP contribution >= 0.6 is 0 Å². The average Bonchev–Trinajstić information content (AvgIpc) is 2.76. The molecule has 1 aliphatic rings. The molecule has 2 atom stereocenters. The molecule has 0 radical (unpaired) electrons. The van der Waals surface area contributed by atoms with Crippen molar-refractivity contribution in [3.05, 3.63) is 29.8 Å². The van der Waals surface area contributed by atoms with Crippen LogP contribution in [0.25, 0.3) is 0 Å².